The second-order valence-corrected chi connectivity index (χ2v) is 4.78. The first-order chi connectivity index (χ1) is 7.75. The summed E-state index contributed by atoms with van der Waals surface area (Å²) in [6.07, 6.45) is 2.69. The van der Waals surface area contributed by atoms with Crippen molar-refractivity contribution in [3.05, 3.63) is 59.7 Å². The maximum absolute atomic E-state index is 4.40. The van der Waals surface area contributed by atoms with E-state index >= 15 is 0 Å². The lowest BCUT2D eigenvalue weighted by Crippen LogP contribution is -1.99. The van der Waals surface area contributed by atoms with Gasteiger partial charge in [0, 0.05) is 23.1 Å². The summed E-state index contributed by atoms with van der Waals surface area (Å²) in [6.45, 7) is 1.91. The van der Waals surface area contributed by atoms with Crippen LogP contribution in [-0.2, 0) is 6.42 Å². The van der Waals surface area contributed by atoms with E-state index < -0.39 is 0 Å². The fourth-order valence-corrected chi connectivity index (χ4v) is 2.22. The van der Waals surface area contributed by atoms with Crippen molar-refractivity contribution in [2.24, 2.45) is 0 Å². The Morgan fingerprint density at radius 1 is 1.19 bits per heavy atom. The molecule has 0 fully saturated rings. The molecule has 2 aromatic rings. The van der Waals surface area contributed by atoms with Crippen LogP contribution in [0.3, 0.4) is 0 Å². The highest BCUT2D eigenvalue weighted by Crippen LogP contribution is 2.25. The number of nitrogens with zero attached hydrogens (tertiary/aromatic N) is 2. The molecule has 16 heavy (non-hydrogen) atoms. The molecule has 0 saturated heterocycles. The van der Waals surface area contributed by atoms with Crippen LogP contribution in [0.1, 0.15) is 21.9 Å². The van der Waals surface area contributed by atoms with Crippen molar-refractivity contribution in [3.63, 3.8) is 0 Å². The fraction of sp³-hybridized carbons (Fsp3) is 0.231. The monoisotopic (exact) mass is 276 g/mol. The van der Waals surface area contributed by atoms with Crippen LogP contribution in [0.15, 0.2) is 42.6 Å². The van der Waals surface area contributed by atoms with E-state index in [2.05, 4.69) is 50.2 Å². The highest BCUT2D eigenvalue weighted by atomic mass is 79.9. The molecular weight excluding hydrogens is 264 g/mol. The molecule has 1 unspecified atom stereocenters. The van der Waals surface area contributed by atoms with E-state index in [0.717, 1.165) is 17.9 Å². The molecule has 0 N–H and O–H groups in total. The summed E-state index contributed by atoms with van der Waals surface area (Å²) >= 11 is 3.69. The van der Waals surface area contributed by atoms with Gasteiger partial charge in [0.05, 0.1) is 0 Å². The molecule has 1 atom stereocenters. The van der Waals surface area contributed by atoms with E-state index in [1.54, 1.807) is 0 Å². The Balaban J connectivity index is 2.11. The molecule has 82 valence electrons. The highest BCUT2D eigenvalue weighted by Gasteiger charge is 2.08. The maximum Gasteiger partial charge on any atom is 0.125 e. The second kappa shape index (κ2) is 5.21. The molecular formula is C13H13BrN2. The molecule has 1 aromatic heterocycles. The molecule has 0 aliphatic heterocycles. The standard InChI is InChI=1S/C13H13BrN2/c1-10-15-8-7-12(16-10)9-13(14)11-5-3-2-4-6-11/h2-8,13H,9H2,1H3. The van der Waals surface area contributed by atoms with Crippen molar-refractivity contribution >= 4 is 15.9 Å². The van der Waals surface area contributed by atoms with Gasteiger partial charge in [0.1, 0.15) is 5.82 Å². The Kier molecular flexibility index (Phi) is 3.67. The molecule has 0 bridgehead atoms. The van der Waals surface area contributed by atoms with Crippen molar-refractivity contribution in [1.82, 2.24) is 9.97 Å². The van der Waals surface area contributed by atoms with Gasteiger partial charge in [-0.2, -0.15) is 0 Å². The van der Waals surface area contributed by atoms with Gasteiger partial charge in [-0.1, -0.05) is 46.3 Å². The summed E-state index contributed by atoms with van der Waals surface area (Å²) in [6, 6.07) is 12.3. The third-order valence-electron chi connectivity index (χ3n) is 2.38. The van der Waals surface area contributed by atoms with Crippen molar-refractivity contribution in [2.45, 2.75) is 18.2 Å². The van der Waals surface area contributed by atoms with Gasteiger partial charge in [0.15, 0.2) is 0 Å². The van der Waals surface area contributed by atoms with E-state index in [4.69, 9.17) is 0 Å². The number of rotatable bonds is 3. The van der Waals surface area contributed by atoms with Crippen molar-refractivity contribution in [2.75, 3.05) is 0 Å². The maximum atomic E-state index is 4.40. The lowest BCUT2D eigenvalue weighted by molar-refractivity contribution is 0.873. The normalized spacial score (nSPS) is 12.4. The second-order valence-electron chi connectivity index (χ2n) is 3.68. The Bertz CT molecular complexity index is 456. The molecule has 2 rings (SSSR count). The Labute approximate surface area is 104 Å². The largest absolute Gasteiger partial charge is 0.242 e. The molecule has 0 aliphatic rings. The zero-order chi connectivity index (χ0) is 11.4. The molecule has 3 heteroatoms. The zero-order valence-corrected chi connectivity index (χ0v) is 10.7. The van der Waals surface area contributed by atoms with E-state index in [1.165, 1.54) is 5.56 Å². The predicted octanol–water partition coefficient (Wildman–Crippen LogP) is 3.46. The van der Waals surface area contributed by atoms with Gasteiger partial charge in [-0.15, -0.1) is 0 Å². The molecule has 0 saturated carbocycles. The number of hydrogen-bond donors (Lipinski definition) is 0. The summed E-state index contributed by atoms with van der Waals surface area (Å²) in [4.78, 5) is 8.80. The van der Waals surface area contributed by atoms with Crippen LogP contribution >= 0.6 is 15.9 Å². The minimum Gasteiger partial charge on any atom is -0.242 e. The third kappa shape index (κ3) is 2.89. The Morgan fingerprint density at radius 3 is 2.62 bits per heavy atom. The number of aromatic nitrogens is 2. The highest BCUT2D eigenvalue weighted by molar-refractivity contribution is 9.09. The number of halogens is 1. The predicted molar refractivity (Wildman–Crippen MR) is 68.6 cm³/mol. The van der Waals surface area contributed by atoms with Gasteiger partial charge in [-0.25, -0.2) is 9.97 Å². The zero-order valence-electron chi connectivity index (χ0n) is 9.10. The van der Waals surface area contributed by atoms with E-state index in [1.807, 2.05) is 25.3 Å². The lowest BCUT2D eigenvalue weighted by Gasteiger charge is -2.09. The summed E-state index contributed by atoms with van der Waals surface area (Å²) < 4.78 is 0. The van der Waals surface area contributed by atoms with Crippen LogP contribution in [-0.4, -0.2) is 9.97 Å². The third-order valence-corrected chi connectivity index (χ3v) is 3.24. The van der Waals surface area contributed by atoms with Crippen molar-refractivity contribution in [3.8, 4) is 0 Å². The van der Waals surface area contributed by atoms with Crippen LogP contribution in [0.25, 0.3) is 0 Å². The quantitative estimate of drug-likeness (QED) is 0.803. The van der Waals surface area contributed by atoms with Crippen LogP contribution in [0.2, 0.25) is 0 Å². The van der Waals surface area contributed by atoms with Crippen LogP contribution in [0, 0.1) is 6.92 Å². The topological polar surface area (TPSA) is 25.8 Å². The molecule has 1 heterocycles. The molecule has 0 amide bonds. The molecule has 0 aliphatic carbocycles. The average molecular weight is 277 g/mol. The van der Waals surface area contributed by atoms with Gasteiger partial charge in [-0.05, 0) is 18.6 Å². The first kappa shape index (κ1) is 11.3. The molecule has 1 aromatic carbocycles. The van der Waals surface area contributed by atoms with Gasteiger partial charge < -0.3 is 0 Å². The van der Waals surface area contributed by atoms with Crippen molar-refractivity contribution in [1.29, 1.82) is 0 Å². The minimum atomic E-state index is 0.308. The average Bonchev–Trinajstić information content (AvgIpc) is 2.30. The van der Waals surface area contributed by atoms with Crippen LogP contribution in [0.4, 0.5) is 0 Å². The summed E-state index contributed by atoms with van der Waals surface area (Å²) in [5.74, 6) is 0.824. The number of benzene rings is 1. The summed E-state index contributed by atoms with van der Waals surface area (Å²) in [5, 5.41) is 0. The van der Waals surface area contributed by atoms with E-state index in [-0.39, 0.29) is 0 Å². The van der Waals surface area contributed by atoms with E-state index in [9.17, 15) is 0 Å². The number of hydrogen-bond acceptors (Lipinski definition) is 2. The Hall–Kier alpha value is -1.22. The summed E-state index contributed by atoms with van der Waals surface area (Å²) in [5.41, 5.74) is 2.34. The van der Waals surface area contributed by atoms with E-state index in [0.29, 0.717) is 4.83 Å². The van der Waals surface area contributed by atoms with Gasteiger partial charge in [0.2, 0.25) is 0 Å². The van der Waals surface area contributed by atoms with Gasteiger partial charge >= 0.3 is 0 Å². The van der Waals surface area contributed by atoms with Crippen LogP contribution in [0.5, 0.6) is 0 Å². The fourth-order valence-electron chi connectivity index (χ4n) is 1.58. The smallest absolute Gasteiger partial charge is 0.125 e. The molecule has 2 nitrogen and oxygen atoms in total. The number of aryl methyl sites for hydroxylation is 1. The Morgan fingerprint density at radius 2 is 1.94 bits per heavy atom. The molecule has 0 radical (unpaired) electrons. The van der Waals surface area contributed by atoms with Crippen LogP contribution < -0.4 is 0 Å². The van der Waals surface area contributed by atoms with Crippen molar-refractivity contribution < 1.29 is 0 Å². The first-order valence-electron chi connectivity index (χ1n) is 5.23. The minimum absolute atomic E-state index is 0.308. The van der Waals surface area contributed by atoms with Gasteiger partial charge in [-0.3, -0.25) is 0 Å². The molecule has 0 spiro atoms. The van der Waals surface area contributed by atoms with Gasteiger partial charge in [0.25, 0.3) is 0 Å². The SMILES string of the molecule is Cc1nccc(CC(Br)c2ccccc2)n1. The first-order valence-corrected chi connectivity index (χ1v) is 6.15. The number of alkyl halides is 1. The summed E-state index contributed by atoms with van der Waals surface area (Å²) in [7, 11) is 0. The lowest BCUT2D eigenvalue weighted by atomic mass is 10.1.